The molecule has 12 atom stereocenters. The second-order valence-corrected chi connectivity index (χ2v) is 13.4. The van der Waals surface area contributed by atoms with Gasteiger partial charge in [-0.1, -0.05) is 6.92 Å². The lowest BCUT2D eigenvalue weighted by Gasteiger charge is -2.65. The van der Waals surface area contributed by atoms with Gasteiger partial charge in [-0.15, -0.1) is 5.16 Å². The van der Waals surface area contributed by atoms with Crippen LogP contribution in [0.2, 0.25) is 0 Å². The average Bonchev–Trinajstić information content (AvgIpc) is 3.42. The first kappa shape index (κ1) is 27.6. The molecule has 0 radical (unpaired) electrons. The molecular weight excluding hydrogens is 506 g/mol. The van der Waals surface area contributed by atoms with Crippen LogP contribution in [0.1, 0.15) is 78.1 Å². The Labute approximate surface area is 229 Å². The van der Waals surface area contributed by atoms with Crippen LogP contribution >= 0.6 is 0 Å². The van der Waals surface area contributed by atoms with Crippen LogP contribution in [-0.2, 0) is 19.0 Å². The number of carbonyl (C=O) groups excluding carboxylic acids is 1. The quantitative estimate of drug-likeness (QED) is 0.116. The van der Waals surface area contributed by atoms with Crippen molar-refractivity contribution < 1.29 is 44.6 Å². The highest BCUT2D eigenvalue weighted by atomic mass is 16.7. The van der Waals surface area contributed by atoms with E-state index in [1.165, 1.54) is 6.21 Å². The highest BCUT2D eigenvalue weighted by Crippen LogP contribution is 2.70. The molecule has 0 amide bonds. The number of esters is 1. The highest BCUT2D eigenvalue weighted by molar-refractivity contribution is 5.85. The van der Waals surface area contributed by atoms with Crippen molar-refractivity contribution in [2.24, 2.45) is 33.7 Å². The molecule has 10 nitrogen and oxygen atoms in total. The van der Waals surface area contributed by atoms with Gasteiger partial charge in [-0.25, -0.2) is 4.79 Å². The van der Waals surface area contributed by atoms with Crippen molar-refractivity contribution in [1.82, 2.24) is 0 Å². The van der Waals surface area contributed by atoms with Gasteiger partial charge < -0.3 is 39.8 Å². The van der Waals surface area contributed by atoms with Gasteiger partial charge in [-0.2, -0.15) is 0 Å². The van der Waals surface area contributed by atoms with E-state index in [4.69, 9.17) is 14.2 Å². The summed E-state index contributed by atoms with van der Waals surface area (Å²) in [6.45, 7) is 4.15. The molecule has 4 saturated carbocycles. The average molecular weight is 550 g/mol. The fourth-order valence-corrected chi connectivity index (χ4v) is 9.89. The third-order valence-corrected chi connectivity index (χ3v) is 11.9. The number of oxime groups is 1. The largest absolute Gasteiger partial charge is 0.458 e. The van der Waals surface area contributed by atoms with E-state index in [9.17, 15) is 30.4 Å². The van der Waals surface area contributed by atoms with E-state index in [0.29, 0.717) is 45.1 Å². The van der Waals surface area contributed by atoms with Crippen molar-refractivity contribution in [3.8, 4) is 0 Å². The zero-order valence-corrected chi connectivity index (χ0v) is 22.9. The summed E-state index contributed by atoms with van der Waals surface area (Å²) < 4.78 is 17.2. The maximum atomic E-state index is 12.4. The number of aliphatic hydroxyl groups is 4. The SMILES string of the molecule is CC1OC(O[C@H]2CC[C@]3(C=NO)[C@H]4CC[C@]5(C)[C@@H](C6=CC(=O)OC6)CC[C@]5(O)[C@@H]4CC[C@]3(O)C2)CC(O)C1O. The number of fused-ring (bicyclic) bond motifs is 5. The molecule has 1 saturated heterocycles. The summed E-state index contributed by atoms with van der Waals surface area (Å²) in [6.07, 6.45) is 5.36. The Bertz CT molecular complexity index is 1040. The molecule has 2 heterocycles. The van der Waals surface area contributed by atoms with E-state index < -0.39 is 46.6 Å². The Kier molecular flexibility index (Phi) is 6.72. The van der Waals surface area contributed by atoms with Crippen molar-refractivity contribution in [3.05, 3.63) is 11.6 Å². The molecule has 0 aromatic rings. The molecule has 2 aliphatic heterocycles. The van der Waals surface area contributed by atoms with Gasteiger partial charge in [-0.05, 0) is 81.6 Å². The molecule has 0 aromatic heterocycles. The highest BCUT2D eigenvalue weighted by Gasteiger charge is 2.71. The number of ether oxygens (including phenoxy) is 3. The Morgan fingerprint density at radius 3 is 2.54 bits per heavy atom. The van der Waals surface area contributed by atoms with Crippen LogP contribution in [0.15, 0.2) is 16.8 Å². The molecule has 0 bridgehead atoms. The minimum atomic E-state index is -1.18. The molecular formula is C29H43NO9. The van der Waals surface area contributed by atoms with E-state index in [1.54, 1.807) is 13.0 Å². The van der Waals surface area contributed by atoms with Crippen LogP contribution in [0.5, 0.6) is 0 Å². The third kappa shape index (κ3) is 3.96. The lowest BCUT2D eigenvalue weighted by Crippen LogP contribution is -2.69. The van der Waals surface area contributed by atoms with Gasteiger partial charge in [0.2, 0.25) is 0 Å². The summed E-state index contributed by atoms with van der Waals surface area (Å²) in [5.41, 5.74) is -2.37. The third-order valence-electron chi connectivity index (χ3n) is 11.9. The van der Waals surface area contributed by atoms with Gasteiger partial charge in [0.25, 0.3) is 0 Å². The van der Waals surface area contributed by atoms with E-state index in [0.717, 1.165) is 24.8 Å². The number of rotatable bonds is 4. The van der Waals surface area contributed by atoms with Gasteiger partial charge in [0.1, 0.15) is 12.7 Å². The number of hydrogen-bond donors (Lipinski definition) is 5. The van der Waals surface area contributed by atoms with Crippen LogP contribution in [0.25, 0.3) is 0 Å². The summed E-state index contributed by atoms with van der Waals surface area (Å²) in [5.74, 6) is -0.372. The number of aliphatic hydroxyl groups excluding tert-OH is 2. The molecule has 0 spiro atoms. The number of nitrogens with zero attached hydrogens (tertiary/aromatic N) is 1. The number of carbonyl (C=O) groups is 1. The molecule has 4 aliphatic carbocycles. The molecule has 4 unspecified atom stereocenters. The van der Waals surface area contributed by atoms with E-state index in [1.807, 2.05) is 0 Å². The first-order chi connectivity index (χ1) is 18.5. The Morgan fingerprint density at radius 2 is 1.85 bits per heavy atom. The standard InChI is InChI=1S/C29H43NO9/c1-16-25(33)22(31)12-24(38-16)39-18-3-8-27(15-30-36)20-4-7-26(2)19(17-11-23(32)37-14-17)6-10-29(26,35)21(20)5-9-28(27,34)13-18/h11,15-16,18-22,24-25,31,33-36H,3-10,12-14H2,1-2H3/t16?,18-,19+,20-,21+,22?,24?,25?,26+,27-,28-,29-/m0/s1. The molecule has 10 heteroatoms. The Balaban J connectivity index is 1.24. The van der Waals surface area contributed by atoms with Crippen molar-refractivity contribution >= 4 is 12.2 Å². The van der Waals surface area contributed by atoms with E-state index in [-0.39, 0.29) is 36.2 Å². The molecule has 5 N–H and O–H groups in total. The molecule has 6 aliphatic rings. The summed E-state index contributed by atoms with van der Waals surface area (Å²) in [6, 6.07) is 0. The second kappa shape index (κ2) is 9.49. The molecule has 5 fully saturated rings. The minimum absolute atomic E-state index is 0.0664. The summed E-state index contributed by atoms with van der Waals surface area (Å²) in [7, 11) is 0. The van der Waals surface area contributed by atoms with Crippen molar-refractivity contribution in [3.63, 3.8) is 0 Å². The molecule has 6 rings (SSSR count). The van der Waals surface area contributed by atoms with Gasteiger partial charge in [0.15, 0.2) is 6.29 Å². The summed E-state index contributed by atoms with van der Waals surface area (Å²) >= 11 is 0. The lowest BCUT2D eigenvalue weighted by molar-refractivity contribution is -0.282. The fourth-order valence-electron chi connectivity index (χ4n) is 9.89. The predicted octanol–water partition coefficient (Wildman–Crippen LogP) is 2.04. The number of cyclic esters (lactones) is 1. The van der Waals surface area contributed by atoms with Crippen molar-refractivity contribution in [2.45, 2.75) is 120 Å². The van der Waals surface area contributed by atoms with Crippen LogP contribution in [0.4, 0.5) is 0 Å². The maximum Gasteiger partial charge on any atom is 0.331 e. The first-order valence-electron chi connectivity index (χ1n) is 14.6. The zero-order chi connectivity index (χ0) is 27.8. The maximum absolute atomic E-state index is 12.4. The normalized spacial score (nSPS) is 53.6. The van der Waals surface area contributed by atoms with Crippen LogP contribution in [-0.4, -0.2) is 86.3 Å². The fraction of sp³-hybridized carbons (Fsp3) is 0.862. The van der Waals surface area contributed by atoms with Crippen LogP contribution in [0.3, 0.4) is 0 Å². The van der Waals surface area contributed by atoms with Gasteiger partial charge in [-0.3, -0.25) is 0 Å². The smallest absolute Gasteiger partial charge is 0.331 e. The monoisotopic (exact) mass is 549 g/mol. The van der Waals surface area contributed by atoms with Gasteiger partial charge in [0, 0.05) is 29.7 Å². The lowest BCUT2D eigenvalue weighted by atomic mass is 9.41. The van der Waals surface area contributed by atoms with E-state index >= 15 is 0 Å². The minimum Gasteiger partial charge on any atom is -0.458 e. The zero-order valence-electron chi connectivity index (χ0n) is 22.9. The molecule has 39 heavy (non-hydrogen) atoms. The topological polar surface area (TPSA) is 158 Å². The molecule has 0 aromatic carbocycles. The van der Waals surface area contributed by atoms with Crippen molar-refractivity contribution in [1.29, 1.82) is 0 Å². The van der Waals surface area contributed by atoms with Gasteiger partial charge >= 0.3 is 5.97 Å². The first-order valence-corrected chi connectivity index (χ1v) is 14.6. The number of hydrogen-bond acceptors (Lipinski definition) is 10. The van der Waals surface area contributed by atoms with Crippen LogP contribution < -0.4 is 0 Å². The summed E-state index contributed by atoms with van der Waals surface area (Å²) in [5, 5.41) is 58.2. The Morgan fingerprint density at radius 1 is 1.08 bits per heavy atom. The van der Waals surface area contributed by atoms with E-state index in [2.05, 4.69) is 12.1 Å². The Hall–Kier alpha value is -1.56. The van der Waals surface area contributed by atoms with Crippen molar-refractivity contribution in [2.75, 3.05) is 6.61 Å². The van der Waals surface area contributed by atoms with Gasteiger partial charge in [0.05, 0.1) is 35.7 Å². The van der Waals surface area contributed by atoms with Crippen LogP contribution in [0, 0.1) is 28.6 Å². The summed E-state index contributed by atoms with van der Waals surface area (Å²) in [4.78, 5) is 11.8. The second-order valence-electron chi connectivity index (χ2n) is 13.4. The molecule has 218 valence electrons. The predicted molar refractivity (Wildman–Crippen MR) is 138 cm³/mol.